The Labute approximate surface area is 124 Å². The van der Waals surface area contributed by atoms with Crippen LogP contribution >= 0.6 is 0 Å². The molecule has 1 aromatic heterocycles. The molecule has 0 saturated carbocycles. The van der Waals surface area contributed by atoms with E-state index in [2.05, 4.69) is 5.10 Å². The molecule has 0 amide bonds. The number of ether oxygens (including phenoxy) is 3. The molecule has 2 N–H and O–H groups in total. The van der Waals surface area contributed by atoms with Gasteiger partial charge in [0.15, 0.2) is 5.75 Å². The average Bonchev–Trinajstić information content (AvgIpc) is 2.96. The van der Waals surface area contributed by atoms with E-state index in [-0.39, 0.29) is 0 Å². The van der Waals surface area contributed by atoms with Crippen molar-refractivity contribution in [2.75, 3.05) is 21.3 Å². The highest BCUT2D eigenvalue weighted by atomic mass is 16.5. The maximum absolute atomic E-state index is 6.44. The van der Waals surface area contributed by atoms with E-state index in [9.17, 15) is 0 Å². The molecule has 0 bridgehead atoms. The highest BCUT2D eigenvalue weighted by molar-refractivity contribution is 5.47. The van der Waals surface area contributed by atoms with Gasteiger partial charge in [-0.3, -0.25) is 4.68 Å². The minimum Gasteiger partial charge on any atom is -0.497 e. The lowest BCUT2D eigenvalue weighted by Gasteiger charge is -2.19. The van der Waals surface area contributed by atoms with Crippen molar-refractivity contribution in [1.82, 2.24) is 9.78 Å². The Morgan fingerprint density at radius 1 is 1.14 bits per heavy atom. The summed E-state index contributed by atoms with van der Waals surface area (Å²) in [6.07, 6.45) is 1.67. The molecule has 0 fully saturated rings. The summed E-state index contributed by atoms with van der Waals surface area (Å²) in [5.74, 6) is 2.09. The van der Waals surface area contributed by atoms with Crippen LogP contribution in [-0.4, -0.2) is 31.1 Å². The van der Waals surface area contributed by atoms with E-state index in [1.165, 1.54) is 0 Å². The lowest BCUT2D eigenvalue weighted by Crippen LogP contribution is -2.19. The molecule has 2 rings (SSSR count). The zero-order valence-electron chi connectivity index (χ0n) is 12.8. The molecule has 114 valence electrons. The summed E-state index contributed by atoms with van der Waals surface area (Å²) in [6.45, 7) is 2.71. The van der Waals surface area contributed by atoms with Crippen molar-refractivity contribution in [2.24, 2.45) is 5.73 Å². The molecular weight excluding hydrogens is 270 g/mol. The minimum atomic E-state index is -0.424. The van der Waals surface area contributed by atoms with E-state index in [1.807, 2.05) is 29.8 Å². The highest BCUT2D eigenvalue weighted by Crippen LogP contribution is 2.35. The van der Waals surface area contributed by atoms with E-state index in [0.29, 0.717) is 18.0 Å². The summed E-state index contributed by atoms with van der Waals surface area (Å²) in [7, 11) is 4.84. The number of nitrogens with two attached hydrogens (primary N) is 1. The smallest absolute Gasteiger partial charge is 0.161 e. The number of hydrogen-bond acceptors (Lipinski definition) is 5. The van der Waals surface area contributed by atoms with Crippen LogP contribution in [0.25, 0.3) is 0 Å². The fourth-order valence-electron chi connectivity index (χ4n) is 2.33. The monoisotopic (exact) mass is 291 g/mol. The van der Waals surface area contributed by atoms with Crippen molar-refractivity contribution in [2.45, 2.75) is 19.5 Å². The van der Waals surface area contributed by atoms with Gasteiger partial charge >= 0.3 is 0 Å². The van der Waals surface area contributed by atoms with E-state index in [4.69, 9.17) is 19.9 Å². The van der Waals surface area contributed by atoms with Crippen molar-refractivity contribution < 1.29 is 14.2 Å². The van der Waals surface area contributed by atoms with Crippen molar-refractivity contribution in [1.29, 1.82) is 0 Å². The third-order valence-corrected chi connectivity index (χ3v) is 3.43. The second kappa shape index (κ2) is 6.49. The lowest BCUT2D eigenvalue weighted by molar-refractivity contribution is 0.391. The normalized spacial score (nSPS) is 12.0. The van der Waals surface area contributed by atoms with Gasteiger partial charge in [-0.25, -0.2) is 0 Å². The predicted octanol–water partition coefficient (Wildman–Crippen LogP) is 1.98. The Hall–Kier alpha value is -2.21. The Morgan fingerprint density at radius 3 is 2.43 bits per heavy atom. The highest BCUT2D eigenvalue weighted by Gasteiger charge is 2.23. The molecule has 6 heteroatoms. The van der Waals surface area contributed by atoms with Crippen LogP contribution < -0.4 is 19.9 Å². The number of nitrogens with zero attached hydrogens (tertiary/aromatic N) is 2. The van der Waals surface area contributed by atoms with Crippen LogP contribution in [0.1, 0.15) is 24.2 Å². The maximum atomic E-state index is 6.44. The SMILES string of the molecule is CCn1ncc(OC)c1C(N)c1cc(OC)ccc1OC. The third-order valence-electron chi connectivity index (χ3n) is 3.43. The lowest BCUT2D eigenvalue weighted by atomic mass is 10.0. The number of aryl methyl sites for hydroxylation is 1. The summed E-state index contributed by atoms with van der Waals surface area (Å²) in [5.41, 5.74) is 8.07. The Kier molecular flexibility index (Phi) is 4.70. The van der Waals surface area contributed by atoms with Gasteiger partial charge in [-0.15, -0.1) is 0 Å². The second-order valence-corrected chi connectivity index (χ2v) is 4.50. The van der Waals surface area contributed by atoms with Crippen molar-refractivity contribution in [3.63, 3.8) is 0 Å². The predicted molar refractivity (Wildman–Crippen MR) is 80.0 cm³/mol. The van der Waals surface area contributed by atoms with Gasteiger partial charge in [-0.05, 0) is 25.1 Å². The summed E-state index contributed by atoms with van der Waals surface area (Å²) in [6, 6.07) is 5.12. The Balaban J connectivity index is 2.53. The molecule has 0 aliphatic carbocycles. The van der Waals surface area contributed by atoms with E-state index >= 15 is 0 Å². The molecule has 0 aliphatic heterocycles. The molecule has 0 spiro atoms. The summed E-state index contributed by atoms with van der Waals surface area (Å²) < 4.78 is 17.9. The van der Waals surface area contributed by atoms with E-state index in [0.717, 1.165) is 17.0 Å². The standard InChI is InChI=1S/C15H21N3O3/c1-5-18-15(13(21-4)9-17-18)14(16)11-8-10(19-2)6-7-12(11)20-3/h6-9,14H,5,16H2,1-4H3. The number of rotatable bonds is 6. The van der Waals surface area contributed by atoms with Gasteiger partial charge < -0.3 is 19.9 Å². The van der Waals surface area contributed by atoms with E-state index < -0.39 is 6.04 Å². The minimum absolute atomic E-state index is 0.424. The summed E-state index contributed by atoms with van der Waals surface area (Å²) in [5, 5.41) is 4.29. The van der Waals surface area contributed by atoms with Crippen molar-refractivity contribution in [3.05, 3.63) is 35.7 Å². The van der Waals surface area contributed by atoms with Crippen LogP contribution in [0.3, 0.4) is 0 Å². The Bertz CT molecular complexity index is 589. The second-order valence-electron chi connectivity index (χ2n) is 4.50. The number of methoxy groups -OCH3 is 3. The first-order valence-electron chi connectivity index (χ1n) is 6.73. The molecule has 0 saturated heterocycles. The van der Waals surface area contributed by atoms with Gasteiger partial charge in [0.1, 0.15) is 17.2 Å². The first kappa shape index (κ1) is 15.2. The molecule has 2 aromatic rings. The molecule has 1 unspecified atom stereocenters. The van der Waals surface area contributed by atoms with Gasteiger partial charge in [-0.1, -0.05) is 0 Å². The van der Waals surface area contributed by atoms with Crippen molar-refractivity contribution in [3.8, 4) is 17.2 Å². The van der Waals surface area contributed by atoms with Crippen LogP contribution in [0.4, 0.5) is 0 Å². The molecule has 1 atom stereocenters. The molecular formula is C15H21N3O3. The number of benzene rings is 1. The van der Waals surface area contributed by atoms with Crippen LogP contribution in [0.15, 0.2) is 24.4 Å². The third kappa shape index (κ3) is 2.80. The first-order chi connectivity index (χ1) is 10.2. The van der Waals surface area contributed by atoms with Gasteiger partial charge in [0.25, 0.3) is 0 Å². The van der Waals surface area contributed by atoms with Crippen LogP contribution in [-0.2, 0) is 6.54 Å². The average molecular weight is 291 g/mol. The largest absolute Gasteiger partial charge is 0.497 e. The van der Waals surface area contributed by atoms with Gasteiger partial charge in [-0.2, -0.15) is 5.10 Å². The molecule has 1 aromatic carbocycles. The number of hydrogen-bond donors (Lipinski definition) is 1. The molecule has 0 aliphatic rings. The molecule has 21 heavy (non-hydrogen) atoms. The summed E-state index contributed by atoms with van der Waals surface area (Å²) >= 11 is 0. The number of aromatic nitrogens is 2. The first-order valence-corrected chi connectivity index (χ1v) is 6.73. The Morgan fingerprint density at radius 2 is 1.86 bits per heavy atom. The summed E-state index contributed by atoms with van der Waals surface area (Å²) in [4.78, 5) is 0. The van der Waals surface area contributed by atoms with Crippen LogP contribution in [0, 0.1) is 0 Å². The molecule has 1 heterocycles. The van der Waals surface area contributed by atoms with Gasteiger partial charge in [0.2, 0.25) is 0 Å². The van der Waals surface area contributed by atoms with Crippen molar-refractivity contribution >= 4 is 0 Å². The van der Waals surface area contributed by atoms with Crippen LogP contribution in [0.5, 0.6) is 17.2 Å². The zero-order chi connectivity index (χ0) is 15.4. The van der Waals surface area contributed by atoms with E-state index in [1.54, 1.807) is 27.5 Å². The fraction of sp³-hybridized carbons (Fsp3) is 0.400. The van der Waals surface area contributed by atoms with Crippen LogP contribution in [0.2, 0.25) is 0 Å². The zero-order valence-corrected chi connectivity index (χ0v) is 12.8. The van der Waals surface area contributed by atoms with Gasteiger partial charge in [0.05, 0.1) is 33.6 Å². The van der Waals surface area contributed by atoms with Gasteiger partial charge in [0, 0.05) is 12.1 Å². The molecule has 6 nitrogen and oxygen atoms in total. The molecule has 0 radical (unpaired) electrons. The topological polar surface area (TPSA) is 71.5 Å². The quantitative estimate of drug-likeness (QED) is 0.881. The fourth-order valence-corrected chi connectivity index (χ4v) is 2.33. The maximum Gasteiger partial charge on any atom is 0.161 e.